The number of carbonyl (C=O) groups excluding carboxylic acids is 1. The van der Waals surface area contributed by atoms with Crippen LogP contribution in [-0.2, 0) is 24.2 Å². The molecule has 130 valence electrons. The second-order valence-electron chi connectivity index (χ2n) is 7.00. The summed E-state index contributed by atoms with van der Waals surface area (Å²) >= 11 is 0. The van der Waals surface area contributed by atoms with Crippen LogP contribution in [0.3, 0.4) is 0 Å². The number of carbonyl (C=O) groups is 1. The van der Waals surface area contributed by atoms with Crippen LogP contribution in [0, 0.1) is 0 Å². The third kappa shape index (κ3) is 3.40. The Bertz CT molecular complexity index is 749. The molecular formula is C21H24N2O2. The lowest BCUT2D eigenvalue weighted by molar-refractivity contribution is -0.127. The van der Waals surface area contributed by atoms with Crippen molar-refractivity contribution in [3.63, 3.8) is 0 Å². The Morgan fingerprint density at radius 2 is 1.88 bits per heavy atom. The fourth-order valence-electron chi connectivity index (χ4n) is 3.71. The number of nitrogens with one attached hydrogen (secondary N) is 1. The summed E-state index contributed by atoms with van der Waals surface area (Å²) in [7, 11) is 0. The maximum atomic E-state index is 12.4. The van der Waals surface area contributed by atoms with Crippen molar-refractivity contribution in [2.75, 3.05) is 13.1 Å². The van der Waals surface area contributed by atoms with E-state index in [9.17, 15) is 4.79 Å². The monoisotopic (exact) mass is 336 g/mol. The highest BCUT2D eigenvalue weighted by molar-refractivity contribution is 5.82. The van der Waals surface area contributed by atoms with Crippen LogP contribution in [0.5, 0.6) is 5.75 Å². The van der Waals surface area contributed by atoms with E-state index in [4.69, 9.17) is 4.74 Å². The number of amides is 1. The third-order valence-corrected chi connectivity index (χ3v) is 5.29. The van der Waals surface area contributed by atoms with Crippen molar-refractivity contribution >= 4 is 5.91 Å². The first-order valence-corrected chi connectivity index (χ1v) is 9.04. The SMILES string of the molecule is CC(CNC(=O)C1Cc2ccccc2O1)N1CCc2ccccc2C1. The van der Waals surface area contributed by atoms with Crippen LogP contribution >= 0.6 is 0 Å². The van der Waals surface area contributed by atoms with Gasteiger partial charge in [0.1, 0.15) is 5.75 Å². The van der Waals surface area contributed by atoms with Gasteiger partial charge in [0.15, 0.2) is 6.10 Å². The van der Waals surface area contributed by atoms with E-state index in [-0.39, 0.29) is 5.91 Å². The maximum absolute atomic E-state index is 12.4. The van der Waals surface area contributed by atoms with Gasteiger partial charge in [-0.2, -0.15) is 0 Å². The molecule has 0 radical (unpaired) electrons. The summed E-state index contributed by atoms with van der Waals surface area (Å²) in [5.41, 5.74) is 3.97. The molecule has 2 aliphatic heterocycles. The molecule has 0 bridgehead atoms. The standard InChI is InChI=1S/C21H24N2O2/c1-15(23-11-10-16-6-2-3-8-18(16)14-23)13-22-21(24)20-12-17-7-4-5-9-19(17)25-20/h2-9,15,20H,10-14H2,1H3,(H,22,24). The molecular weight excluding hydrogens is 312 g/mol. The minimum atomic E-state index is -0.397. The van der Waals surface area contributed by atoms with Crippen LogP contribution in [0.15, 0.2) is 48.5 Å². The van der Waals surface area contributed by atoms with Crippen molar-refractivity contribution < 1.29 is 9.53 Å². The van der Waals surface area contributed by atoms with Gasteiger partial charge in [0.2, 0.25) is 0 Å². The van der Waals surface area contributed by atoms with Gasteiger partial charge in [-0.05, 0) is 36.1 Å². The molecule has 1 amide bonds. The van der Waals surface area contributed by atoms with Crippen LogP contribution in [0.2, 0.25) is 0 Å². The molecule has 4 rings (SSSR count). The van der Waals surface area contributed by atoms with Crippen molar-refractivity contribution in [1.82, 2.24) is 10.2 Å². The van der Waals surface area contributed by atoms with Crippen molar-refractivity contribution in [3.8, 4) is 5.75 Å². The van der Waals surface area contributed by atoms with E-state index in [1.165, 1.54) is 11.1 Å². The first-order chi connectivity index (χ1) is 12.2. The van der Waals surface area contributed by atoms with Crippen molar-refractivity contribution in [1.29, 1.82) is 0 Å². The van der Waals surface area contributed by atoms with Gasteiger partial charge in [-0.1, -0.05) is 42.5 Å². The largest absolute Gasteiger partial charge is 0.480 e. The molecule has 4 nitrogen and oxygen atoms in total. The molecule has 0 saturated carbocycles. The molecule has 2 heterocycles. The van der Waals surface area contributed by atoms with E-state index in [0.29, 0.717) is 19.0 Å². The normalized spacial score (nSPS) is 20.3. The van der Waals surface area contributed by atoms with Gasteiger partial charge in [0.25, 0.3) is 5.91 Å². The molecule has 2 atom stereocenters. The van der Waals surface area contributed by atoms with Gasteiger partial charge < -0.3 is 10.1 Å². The minimum Gasteiger partial charge on any atom is -0.480 e. The predicted molar refractivity (Wildman–Crippen MR) is 97.6 cm³/mol. The molecule has 25 heavy (non-hydrogen) atoms. The topological polar surface area (TPSA) is 41.6 Å². The first-order valence-electron chi connectivity index (χ1n) is 9.04. The zero-order valence-electron chi connectivity index (χ0n) is 14.6. The molecule has 0 fully saturated rings. The molecule has 0 spiro atoms. The summed E-state index contributed by atoms with van der Waals surface area (Å²) in [5, 5.41) is 3.07. The van der Waals surface area contributed by atoms with E-state index in [1.807, 2.05) is 24.3 Å². The number of ether oxygens (including phenoxy) is 1. The minimum absolute atomic E-state index is 0.0135. The lowest BCUT2D eigenvalue weighted by atomic mass is 9.99. The predicted octanol–water partition coefficient (Wildman–Crippen LogP) is 2.55. The first kappa shape index (κ1) is 16.2. The number of hydrogen-bond donors (Lipinski definition) is 1. The highest BCUT2D eigenvalue weighted by Crippen LogP contribution is 2.28. The number of para-hydroxylation sites is 1. The van der Waals surface area contributed by atoms with Gasteiger partial charge in [-0.3, -0.25) is 9.69 Å². The van der Waals surface area contributed by atoms with Crippen LogP contribution in [0.1, 0.15) is 23.6 Å². The summed E-state index contributed by atoms with van der Waals surface area (Å²) in [6.07, 6.45) is 1.34. The Labute approximate surface area is 148 Å². The molecule has 0 saturated heterocycles. The van der Waals surface area contributed by atoms with Gasteiger partial charge in [0, 0.05) is 32.1 Å². The second kappa shape index (κ2) is 6.89. The van der Waals surface area contributed by atoms with Gasteiger partial charge >= 0.3 is 0 Å². The Kier molecular flexibility index (Phi) is 4.45. The lowest BCUT2D eigenvalue weighted by Gasteiger charge is -2.34. The zero-order chi connectivity index (χ0) is 17.2. The average molecular weight is 336 g/mol. The molecule has 4 heteroatoms. The van der Waals surface area contributed by atoms with Crippen LogP contribution in [0.4, 0.5) is 0 Å². The number of benzene rings is 2. The second-order valence-corrected chi connectivity index (χ2v) is 7.00. The van der Waals surface area contributed by atoms with E-state index < -0.39 is 6.10 Å². The number of hydrogen-bond acceptors (Lipinski definition) is 3. The summed E-state index contributed by atoms with van der Waals surface area (Å²) in [5.74, 6) is 0.823. The molecule has 2 aliphatic rings. The Hall–Kier alpha value is -2.33. The molecule has 1 N–H and O–H groups in total. The fraction of sp³-hybridized carbons (Fsp3) is 0.381. The number of fused-ring (bicyclic) bond motifs is 2. The summed E-state index contributed by atoms with van der Waals surface area (Å²) in [6, 6.07) is 16.8. The third-order valence-electron chi connectivity index (χ3n) is 5.29. The quantitative estimate of drug-likeness (QED) is 0.933. The van der Waals surface area contributed by atoms with E-state index in [0.717, 1.165) is 30.8 Å². The van der Waals surface area contributed by atoms with Crippen molar-refractivity contribution in [2.45, 2.75) is 38.5 Å². The lowest BCUT2D eigenvalue weighted by Crippen LogP contribution is -2.47. The molecule has 2 aromatic rings. The smallest absolute Gasteiger partial charge is 0.261 e. The van der Waals surface area contributed by atoms with Crippen LogP contribution in [-0.4, -0.2) is 36.0 Å². The number of rotatable bonds is 4. The van der Waals surface area contributed by atoms with Gasteiger partial charge in [-0.25, -0.2) is 0 Å². The van der Waals surface area contributed by atoms with Crippen molar-refractivity contribution in [3.05, 3.63) is 65.2 Å². The Balaban J connectivity index is 1.29. The molecule has 2 aromatic carbocycles. The summed E-state index contributed by atoms with van der Waals surface area (Å²) in [6.45, 7) is 4.83. The van der Waals surface area contributed by atoms with Gasteiger partial charge in [-0.15, -0.1) is 0 Å². The molecule has 0 aromatic heterocycles. The van der Waals surface area contributed by atoms with E-state index >= 15 is 0 Å². The van der Waals surface area contributed by atoms with Crippen molar-refractivity contribution in [2.24, 2.45) is 0 Å². The maximum Gasteiger partial charge on any atom is 0.261 e. The van der Waals surface area contributed by atoms with E-state index in [2.05, 4.69) is 41.4 Å². The molecule has 0 aliphatic carbocycles. The highest BCUT2D eigenvalue weighted by Gasteiger charge is 2.29. The van der Waals surface area contributed by atoms with E-state index in [1.54, 1.807) is 0 Å². The molecule has 2 unspecified atom stereocenters. The zero-order valence-corrected chi connectivity index (χ0v) is 14.6. The van der Waals surface area contributed by atoms with Crippen LogP contribution in [0.25, 0.3) is 0 Å². The van der Waals surface area contributed by atoms with Gasteiger partial charge in [0.05, 0.1) is 0 Å². The van der Waals surface area contributed by atoms with Crippen LogP contribution < -0.4 is 10.1 Å². The number of nitrogens with zero attached hydrogens (tertiary/aromatic N) is 1. The Morgan fingerprint density at radius 3 is 2.68 bits per heavy atom. The summed E-state index contributed by atoms with van der Waals surface area (Å²) < 4.78 is 5.77. The highest BCUT2D eigenvalue weighted by atomic mass is 16.5. The Morgan fingerprint density at radius 1 is 1.16 bits per heavy atom. The average Bonchev–Trinajstić information content (AvgIpc) is 3.09. The summed E-state index contributed by atoms with van der Waals surface area (Å²) in [4.78, 5) is 14.9. The fourth-order valence-corrected chi connectivity index (χ4v) is 3.71.